The minimum atomic E-state index is -0.696. The quantitative estimate of drug-likeness (QED) is 0.369. The van der Waals surface area contributed by atoms with Crippen LogP contribution in [0.25, 0.3) is 17.1 Å². The van der Waals surface area contributed by atoms with Crippen LogP contribution in [-0.2, 0) is 0 Å². The first-order valence-electron chi connectivity index (χ1n) is 8.43. The number of nitrogens with one attached hydrogen (secondary N) is 1. The predicted octanol–water partition coefficient (Wildman–Crippen LogP) is 2.46. The molecule has 0 unspecified atom stereocenters. The second-order valence-electron chi connectivity index (χ2n) is 5.87. The SMILES string of the molecule is Nc1nonc1-n1nnc(C(=O)NN=Cc2c(F)cccc2Cl)c1-c1ccccc1. The van der Waals surface area contributed by atoms with Crippen molar-refractivity contribution in [2.45, 2.75) is 0 Å². The Hall–Kier alpha value is -4.12. The van der Waals surface area contributed by atoms with Gasteiger partial charge >= 0.3 is 0 Å². The molecule has 30 heavy (non-hydrogen) atoms. The molecule has 2 heterocycles. The molecule has 0 atom stereocenters. The molecule has 0 aliphatic rings. The van der Waals surface area contributed by atoms with Gasteiger partial charge < -0.3 is 5.73 Å². The van der Waals surface area contributed by atoms with E-state index in [4.69, 9.17) is 17.3 Å². The van der Waals surface area contributed by atoms with Gasteiger partial charge in [-0.1, -0.05) is 53.2 Å². The number of nitrogens with zero attached hydrogens (tertiary/aromatic N) is 6. The van der Waals surface area contributed by atoms with E-state index in [9.17, 15) is 9.18 Å². The zero-order chi connectivity index (χ0) is 21.1. The van der Waals surface area contributed by atoms with E-state index < -0.39 is 11.7 Å². The molecule has 0 aliphatic heterocycles. The van der Waals surface area contributed by atoms with Crippen LogP contribution in [0.2, 0.25) is 5.02 Å². The number of hydrazone groups is 1. The lowest BCUT2D eigenvalue weighted by atomic mass is 10.1. The minimum absolute atomic E-state index is 0.0312. The number of anilines is 1. The van der Waals surface area contributed by atoms with E-state index in [1.165, 1.54) is 22.9 Å². The van der Waals surface area contributed by atoms with Gasteiger partial charge in [-0.3, -0.25) is 4.79 Å². The molecular weight excluding hydrogens is 415 g/mol. The van der Waals surface area contributed by atoms with Crippen molar-refractivity contribution in [1.29, 1.82) is 0 Å². The van der Waals surface area contributed by atoms with Crippen molar-refractivity contribution in [3.05, 3.63) is 70.6 Å². The highest BCUT2D eigenvalue weighted by Crippen LogP contribution is 2.26. The molecule has 0 saturated heterocycles. The molecule has 1 amide bonds. The van der Waals surface area contributed by atoms with Gasteiger partial charge in [0.1, 0.15) is 11.5 Å². The third-order valence-corrected chi connectivity index (χ3v) is 4.32. The van der Waals surface area contributed by atoms with Crippen LogP contribution in [-0.4, -0.2) is 37.4 Å². The van der Waals surface area contributed by atoms with E-state index in [0.717, 1.165) is 6.21 Å². The van der Waals surface area contributed by atoms with Gasteiger partial charge in [-0.2, -0.15) is 9.78 Å². The molecule has 0 saturated carbocycles. The summed E-state index contributed by atoms with van der Waals surface area (Å²) in [5.41, 5.74) is 8.89. The van der Waals surface area contributed by atoms with Gasteiger partial charge in [0.2, 0.25) is 11.6 Å². The summed E-state index contributed by atoms with van der Waals surface area (Å²) in [6.07, 6.45) is 1.10. The van der Waals surface area contributed by atoms with Gasteiger partial charge in [0.25, 0.3) is 5.91 Å². The summed E-state index contributed by atoms with van der Waals surface area (Å²) in [6, 6.07) is 13.0. The summed E-state index contributed by atoms with van der Waals surface area (Å²) in [5, 5.41) is 19.0. The Kier molecular flexibility index (Phi) is 5.18. The van der Waals surface area contributed by atoms with Crippen LogP contribution in [0.15, 0.2) is 58.3 Å². The topological polar surface area (TPSA) is 137 Å². The molecule has 2 aromatic carbocycles. The van der Waals surface area contributed by atoms with Crippen molar-refractivity contribution in [2.75, 3.05) is 5.73 Å². The molecule has 10 nitrogen and oxygen atoms in total. The maximum absolute atomic E-state index is 13.8. The number of benzene rings is 2. The molecule has 0 bridgehead atoms. The molecule has 3 N–H and O–H groups in total. The fourth-order valence-electron chi connectivity index (χ4n) is 2.62. The molecule has 0 spiro atoms. The van der Waals surface area contributed by atoms with E-state index >= 15 is 0 Å². The van der Waals surface area contributed by atoms with Crippen molar-refractivity contribution in [2.24, 2.45) is 5.10 Å². The smallest absolute Gasteiger partial charge is 0.294 e. The third kappa shape index (κ3) is 3.61. The first kappa shape index (κ1) is 19.2. The molecule has 4 rings (SSSR count). The summed E-state index contributed by atoms with van der Waals surface area (Å²) in [5.74, 6) is -1.23. The van der Waals surface area contributed by atoms with Crippen molar-refractivity contribution >= 4 is 29.5 Å². The Morgan fingerprint density at radius 2 is 2.00 bits per heavy atom. The van der Waals surface area contributed by atoms with Gasteiger partial charge in [0, 0.05) is 11.1 Å². The number of aromatic nitrogens is 5. The highest BCUT2D eigenvalue weighted by molar-refractivity contribution is 6.33. The lowest BCUT2D eigenvalue weighted by Gasteiger charge is -2.05. The van der Waals surface area contributed by atoms with Crippen LogP contribution in [0.5, 0.6) is 0 Å². The average molecular weight is 427 g/mol. The highest BCUT2D eigenvalue weighted by Gasteiger charge is 2.25. The van der Waals surface area contributed by atoms with Gasteiger partial charge in [-0.05, 0) is 22.4 Å². The van der Waals surface area contributed by atoms with Crippen molar-refractivity contribution < 1.29 is 13.8 Å². The van der Waals surface area contributed by atoms with E-state index in [1.807, 2.05) is 6.07 Å². The Bertz CT molecular complexity index is 1220. The Balaban J connectivity index is 1.69. The van der Waals surface area contributed by atoms with Crippen molar-refractivity contribution in [1.82, 2.24) is 30.7 Å². The number of carbonyl (C=O) groups is 1. The molecule has 150 valence electrons. The summed E-state index contributed by atoms with van der Waals surface area (Å²) < 4.78 is 19.7. The Morgan fingerprint density at radius 3 is 2.70 bits per heavy atom. The largest absolute Gasteiger partial charge is 0.378 e. The van der Waals surface area contributed by atoms with Crippen molar-refractivity contribution in [3.8, 4) is 17.1 Å². The standard InChI is InChI=1S/C18H12ClFN8O2/c19-12-7-4-8-13(20)11(12)9-22-24-18(29)14-15(10-5-2-1-3-6-10)28(27-23-14)17-16(21)25-30-26-17/h1-9H,(H2,21,25)(H,24,29). The second kappa shape index (κ2) is 8.09. The summed E-state index contributed by atoms with van der Waals surface area (Å²) >= 11 is 5.94. The number of carbonyl (C=O) groups excluding carboxylic acids is 1. The predicted molar refractivity (Wildman–Crippen MR) is 106 cm³/mol. The highest BCUT2D eigenvalue weighted by atomic mass is 35.5. The lowest BCUT2D eigenvalue weighted by Crippen LogP contribution is -2.19. The van der Waals surface area contributed by atoms with Crippen LogP contribution < -0.4 is 11.2 Å². The van der Waals surface area contributed by atoms with Crippen LogP contribution in [0.4, 0.5) is 10.2 Å². The van der Waals surface area contributed by atoms with Crippen LogP contribution in [0, 0.1) is 5.82 Å². The van der Waals surface area contributed by atoms with E-state index in [0.29, 0.717) is 5.56 Å². The van der Waals surface area contributed by atoms with Crippen LogP contribution >= 0.6 is 11.6 Å². The number of hydrogen-bond donors (Lipinski definition) is 2. The minimum Gasteiger partial charge on any atom is -0.378 e. The Morgan fingerprint density at radius 1 is 1.20 bits per heavy atom. The summed E-state index contributed by atoms with van der Waals surface area (Å²) in [4.78, 5) is 12.7. The van der Waals surface area contributed by atoms with Gasteiger partial charge in [-0.25, -0.2) is 14.4 Å². The number of nitrogens with two attached hydrogens (primary N) is 1. The van der Waals surface area contributed by atoms with Gasteiger partial charge in [0.05, 0.1) is 11.2 Å². The fraction of sp³-hybridized carbons (Fsp3) is 0. The number of nitrogen functional groups attached to an aromatic ring is 1. The van der Waals surface area contributed by atoms with Gasteiger partial charge in [-0.15, -0.1) is 5.10 Å². The number of hydrogen-bond acceptors (Lipinski definition) is 8. The third-order valence-electron chi connectivity index (χ3n) is 3.99. The molecule has 12 heteroatoms. The van der Waals surface area contributed by atoms with Crippen LogP contribution in [0.1, 0.15) is 16.1 Å². The Labute approximate surface area is 173 Å². The zero-order valence-corrected chi connectivity index (χ0v) is 15.8. The number of halogens is 2. The average Bonchev–Trinajstić information content (AvgIpc) is 3.36. The van der Waals surface area contributed by atoms with Crippen molar-refractivity contribution in [3.63, 3.8) is 0 Å². The maximum atomic E-state index is 13.8. The molecule has 0 aliphatic carbocycles. The number of amides is 1. The monoisotopic (exact) mass is 426 g/mol. The summed E-state index contributed by atoms with van der Waals surface area (Å²) in [6.45, 7) is 0. The first-order chi connectivity index (χ1) is 14.6. The molecule has 0 fully saturated rings. The fourth-order valence-corrected chi connectivity index (χ4v) is 2.83. The first-order valence-corrected chi connectivity index (χ1v) is 8.81. The second-order valence-corrected chi connectivity index (χ2v) is 6.28. The van der Waals surface area contributed by atoms with E-state index in [1.54, 1.807) is 24.3 Å². The molecule has 0 radical (unpaired) electrons. The maximum Gasteiger partial charge on any atom is 0.294 e. The normalized spacial score (nSPS) is 11.1. The molecular formula is C18H12ClFN8O2. The molecule has 4 aromatic rings. The van der Waals surface area contributed by atoms with Gasteiger partial charge in [0.15, 0.2) is 5.69 Å². The lowest BCUT2D eigenvalue weighted by molar-refractivity contribution is 0.0950. The van der Waals surface area contributed by atoms with E-state index in [-0.39, 0.29) is 33.6 Å². The molecule has 2 aromatic heterocycles. The van der Waals surface area contributed by atoms with Crippen LogP contribution in [0.3, 0.4) is 0 Å². The number of rotatable bonds is 5. The zero-order valence-electron chi connectivity index (χ0n) is 15.0. The van der Waals surface area contributed by atoms with E-state index in [2.05, 4.69) is 35.8 Å². The summed E-state index contributed by atoms with van der Waals surface area (Å²) in [7, 11) is 0.